The lowest BCUT2D eigenvalue weighted by Crippen LogP contribution is -2.39. The molecule has 0 saturated heterocycles. The number of rotatable bonds is 4. The Labute approximate surface area is 121 Å². The van der Waals surface area contributed by atoms with Crippen LogP contribution in [0.5, 0.6) is 0 Å². The molecule has 1 aromatic carbocycles. The number of halogens is 1. The molecule has 0 heterocycles. The molecule has 6 nitrogen and oxygen atoms in total. The quantitative estimate of drug-likeness (QED) is 0.525. The third-order valence-corrected chi connectivity index (χ3v) is 3.91. The number of nitro benzene ring substituents is 1. The number of amides is 1. The van der Waals surface area contributed by atoms with Gasteiger partial charge in [-0.15, -0.1) is 0 Å². The Morgan fingerprint density at radius 3 is 2.62 bits per heavy atom. The van der Waals surface area contributed by atoms with Crippen molar-refractivity contribution in [1.29, 1.82) is 0 Å². The molecule has 1 saturated carbocycles. The van der Waals surface area contributed by atoms with Gasteiger partial charge in [-0.05, 0) is 25.8 Å². The SMILES string of the molecule is CCN(C(=O)c1cc(N)c(F)cc1[N+](=O)[O-])C1CCCC1. The zero-order valence-electron chi connectivity index (χ0n) is 11.8. The topological polar surface area (TPSA) is 89.5 Å². The Morgan fingerprint density at radius 2 is 2.10 bits per heavy atom. The van der Waals surface area contributed by atoms with Crippen LogP contribution in [0.25, 0.3) is 0 Å². The molecule has 1 amide bonds. The summed E-state index contributed by atoms with van der Waals surface area (Å²) in [6, 6.07) is 1.87. The van der Waals surface area contributed by atoms with Crippen LogP contribution in [0.2, 0.25) is 0 Å². The fourth-order valence-corrected chi connectivity index (χ4v) is 2.84. The number of nitrogen functional groups attached to an aromatic ring is 1. The van der Waals surface area contributed by atoms with Gasteiger partial charge in [0.15, 0.2) is 5.82 Å². The van der Waals surface area contributed by atoms with Crippen molar-refractivity contribution in [3.05, 3.63) is 33.6 Å². The Kier molecular flexibility index (Phi) is 4.40. The summed E-state index contributed by atoms with van der Waals surface area (Å²) in [7, 11) is 0. The molecule has 0 unspecified atom stereocenters. The van der Waals surface area contributed by atoms with Crippen molar-refractivity contribution in [2.45, 2.75) is 38.6 Å². The van der Waals surface area contributed by atoms with Crippen LogP contribution >= 0.6 is 0 Å². The molecular formula is C14H18FN3O3. The molecular weight excluding hydrogens is 277 g/mol. The number of nitrogens with two attached hydrogens (primary N) is 1. The summed E-state index contributed by atoms with van der Waals surface area (Å²) in [5.41, 5.74) is 4.51. The van der Waals surface area contributed by atoms with E-state index in [9.17, 15) is 19.3 Å². The summed E-state index contributed by atoms with van der Waals surface area (Å²) in [5, 5.41) is 11.0. The minimum atomic E-state index is -0.887. The summed E-state index contributed by atoms with van der Waals surface area (Å²) in [5.74, 6) is -1.34. The summed E-state index contributed by atoms with van der Waals surface area (Å²) in [6.45, 7) is 2.28. The second kappa shape index (κ2) is 6.07. The second-order valence-corrected chi connectivity index (χ2v) is 5.18. The lowest BCUT2D eigenvalue weighted by molar-refractivity contribution is -0.385. The maximum atomic E-state index is 13.4. The zero-order valence-corrected chi connectivity index (χ0v) is 11.8. The summed E-state index contributed by atoms with van der Waals surface area (Å²) < 4.78 is 13.4. The van der Waals surface area contributed by atoms with E-state index >= 15 is 0 Å². The van der Waals surface area contributed by atoms with E-state index in [0.29, 0.717) is 12.6 Å². The molecule has 1 aliphatic carbocycles. The van der Waals surface area contributed by atoms with Crippen LogP contribution in [0.15, 0.2) is 12.1 Å². The Bertz CT molecular complexity index is 571. The highest BCUT2D eigenvalue weighted by Crippen LogP contribution is 2.29. The van der Waals surface area contributed by atoms with Crippen molar-refractivity contribution in [3.63, 3.8) is 0 Å². The molecule has 1 aromatic rings. The third-order valence-electron chi connectivity index (χ3n) is 3.91. The Morgan fingerprint density at radius 1 is 1.48 bits per heavy atom. The first-order valence-electron chi connectivity index (χ1n) is 7.00. The first-order chi connectivity index (χ1) is 9.95. The molecule has 2 N–H and O–H groups in total. The molecule has 114 valence electrons. The average Bonchev–Trinajstić information content (AvgIpc) is 2.95. The molecule has 7 heteroatoms. The van der Waals surface area contributed by atoms with Crippen LogP contribution < -0.4 is 5.73 Å². The van der Waals surface area contributed by atoms with Gasteiger partial charge in [0.05, 0.1) is 16.7 Å². The number of nitrogens with zero attached hydrogens (tertiary/aromatic N) is 2. The number of carbonyl (C=O) groups is 1. The summed E-state index contributed by atoms with van der Waals surface area (Å²) >= 11 is 0. The second-order valence-electron chi connectivity index (χ2n) is 5.18. The highest BCUT2D eigenvalue weighted by atomic mass is 19.1. The smallest absolute Gasteiger partial charge is 0.285 e. The highest BCUT2D eigenvalue weighted by Gasteiger charge is 2.31. The number of nitro groups is 1. The van der Waals surface area contributed by atoms with Crippen molar-refractivity contribution in [2.75, 3.05) is 12.3 Å². The van der Waals surface area contributed by atoms with Gasteiger partial charge in [-0.1, -0.05) is 12.8 Å². The van der Waals surface area contributed by atoms with E-state index in [1.807, 2.05) is 6.92 Å². The van der Waals surface area contributed by atoms with Crippen molar-refractivity contribution in [3.8, 4) is 0 Å². The lowest BCUT2D eigenvalue weighted by Gasteiger charge is -2.27. The van der Waals surface area contributed by atoms with E-state index in [1.165, 1.54) is 0 Å². The van der Waals surface area contributed by atoms with Crippen molar-refractivity contribution < 1.29 is 14.1 Å². The molecule has 0 radical (unpaired) electrons. The molecule has 0 aliphatic heterocycles. The van der Waals surface area contributed by atoms with E-state index in [4.69, 9.17) is 5.73 Å². The summed E-state index contributed by atoms with van der Waals surface area (Å²) in [6.07, 6.45) is 3.87. The van der Waals surface area contributed by atoms with Gasteiger partial charge in [-0.3, -0.25) is 14.9 Å². The Hall–Kier alpha value is -2.18. The maximum absolute atomic E-state index is 13.4. The Balaban J connectivity index is 2.41. The number of benzene rings is 1. The minimum Gasteiger partial charge on any atom is -0.396 e. The van der Waals surface area contributed by atoms with Gasteiger partial charge in [-0.2, -0.15) is 0 Å². The van der Waals surface area contributed by atoms with Gasteiger partial charge in [0.1, 0.15) is 5.56 Å². The van der Waals surface area contributed by atoms with Crippen LogP contribution in [0.1, 0.15) is 43.0 Å². The van der Waals surface area contributed by atoms with Crippen LogP contribution in [0.4, 0.5) is 15.8 Å². The number of anilines is 1. The van der Waals surface area contributed by atoms with Gasteiger partial charge in [0.25, 0.3) is 11.6 Å². The fourth-order valence-electron chi connectivity index (χ4n) is 2.84. The van der Waals surface area contributed by atoms with Gasteiger partial charge < -0.3 is 10.6 Å². The van der Waals surface area contributed by atoms with Gasteiger partial charge in [0.2, 0.25) is 0 Å². The molecule has 0 atom stereocenters. The van der Waals surface area contributed by atoms with Gasteiger partial charge >= 0.3 is 0 Å². The highest BCUT2D eigenvalue weighted by molar-refractivity contribution is 5.99. The number of hydrogen-bond donors (Lipinski definition) is 1. The molecule has 1 aliphatic rings. The third kappa shape index (κ3) is 2.96. The fraction of sp³-hybridized carbons (Fsp3) is 0.500. The largest absolute Gasteiger partial charge is 0.396 e. The van der Waals surface area contributed by atoms with Crippen LogP contribution in [0.3, 0.4) is 0 Å². The van der Waals surface area contributed by atoms with E-state index in [-0.39, 0.29) is 17.3 Å². The lowest BCUT2D eigenvalue weighted by atomic mass is 10.1. The van der Waals surface area contributed by atoms with E-state index in [2.05, 4.69) is 0 Å². The maximum Gasteiger partial charge on any atom is 0.285 e. The normalized spacial score (nSPS) is 15.1. The monoisotopic (exact) mass is 295 g/mol. The first kappa shape index (κ1) is 15.2. The number of hydrogen-bond acceptors (Lipinski definition) is 4. The molecule has 1 fully saturated rings. The van der Waals surface area contributed by atoms with Gasteiger partial charge in [0, 0.05) is 12.6 Å². The van der Waals surface area contributed by atoms with Gasteiger partial charge in [-0.25, -0.2) is 4.39 Å². The average molecular weight is 295 g/mol. The molecule has 0 aromatic heterocycles. The molecule has 0 bridgehead atoms. The van der Waals surface area contributed by atoms with Crippen LogP contribution in [0, 0.1) is 15.9 Å². The van der Waals surface area contributed by atoms with Crippen molar-refractivity contribution in [1.82, 2.24) is 4.90 Å². The van der Waals surface area contributed by atoms with Crippen molar-refractivity contribution >= 4 is 17.3 Å². The molecule has 21 heavy (non-hydrogen) atoms. The molecule has 2 rings (SSSR count). The summed E-state index contributed by atoms with van der Waals surface area (Å²) in [4.78, 5) is 24.5. The van der Waals surface area contributed by atoms with E-state index in [1.54, 1.807) is 4.90 Å². The minimum absolute atomic E-state index is 0.0911. The predicted molar refractivity (Wildman–Crippen MR) is 76.4 cm³/mol. The van der Waals surface area contributed by atoms with Crippen molar-refractivity contribution in [2.24, 2.45) is 0 Å². The number of carbonyl (C=O) groups excluding carboxylic acids is 1. The zero-order chi connectivity index (χ0) is 15.6. The standard InChI is InChI=1S/C14H18FN3O3/c1-2-17(9-5-3-4-6-9)14(19)10-7-12(16)11(15)8-13(10)18(20)21/h7-9H,2-6,16H2,1H3. The van der Waals surface area contributed by atoms with Crippen LogP contribution in [-0.4, -0.2) is 28.3 Å². The van der Waals surface area contributed by atoms with E-state index < -0.39 is 22.3 Å². The molecule has 0 spiro atoms. The van der Waals surface area contributed by atoms with Crippen LogP contribution in [-0.2, 0) is 0 Å². The van der Waals surface area contributed by atoms with E-state index in [0.717, 1.165) is 31.7 Å². The first-order valence-corrected chi connectivity index (χ1v) is 7.00. The predicted octanol–water partition coefficient (Wildman–Crippen LogP) is 2.72.